The molecule has 0 unspecified atom stereocenters. The van der Waals surface area contributed by atoms with E-state index < -0.39 is 6.10 Å². The fourth-order valence-electron chi connectivity index (χ4n) is 1.01. The van der Waals surface area contributed by atoms with Gasteiger partial charge >= 0.3 is 0 Å². The molecule has 3 nitrogen and oxygen atoms in total. The molecule has 1 rings (SSSR count). The average Bonchev–Trinajstić information content (AvgIpc) is 2.14. The molecule has 0 heterocycles. The van der Waals surface area contributed by atoms with Crippen molar-refractivity contribution in [2.75, 3.05) is 6.54 Å². The van der Waals surface area contributed by atoms with Crippen molar-refractivity contribution < 1.29 is 9.90 Å². The van der Waals surface area contributed by atoms with Gasteiger partial charge in [0.05, 0.1) is 11.7 Å². The Morgan fingerprint density at radius 3 is 2.73 bits per heavy atom. The van der Waals surface area contributed by atoms with Crippen LogP contribution in [0.5, 0.6) is 0 Å². The molecule has 1 aromatic carbocycles. The molecule has 0 aromatic heterocycles. The van der Waals surface area contributed by atoms with Crippen LogP contribution in [0, 0.1) is 0 Å². The van der Waals surface area contributed by atoms with E-state index in [0.29, 0.717) is 5.56 Å². The molecular formula is C10H11Br2NO2. The summed E-state index contributed by atoms with van der Waals surface area (Å²) >= 11 is 6.61. The third kappa shape index (κ3) is 3.93. The van der Waals surface area contributed by atoms with E-state index in [0.717, 1.165) is 8.95 Å². The number of benzene rings is 1. The van der Waals surface area contributed by atoms with Crippen LogP contribution in [-0.4, -0.2) is 23.7 Å². The zero-order valence-electron chi connectivity index (χ0n) is 8.13. The van der Waals surface area contributed by atoms with Gasteiger partial charge in [-0.2, -0.15) is 0 Å². The monoisotopic (exact) mass is 335 g/mol. The summed E-state index contributed by atoms with van der Waals surface area (Å²) in [4.78, 5) is 11.6. The minimum atomic E-state index is -0.539. The van der Waals surface area contributed by atoms with Crippen LogP contribution in [-0.2, 0) is 0 Å². The first kappa shape index (κ1) is 12.7. The van der Waals surface area contributed by atoms with Gasteiger partial charge in [0.1, 0.15) is 0 Å². The predicted octanol–water partition coefficient (Wildman–Crippen LogP) is 2.32. The number of amides is 1. The maximum Gasteiger partial charge on any atom is 0.252 e. The van der Waals surface area contributed by atoms with Crippen molar-refractivity contribution in [1.29, 1.82) is 0 Å². The maximum atomic E-state index is 11.6. The molecule has 0 aliphatic heterocycles. The van der Waals surface area contributed by atoms with Crippen LogP contribution >= 0.6 is 31.9 Å². The Morgan fingerprint density at radius 1 is 1.53 bits per heavy atom. The van der Waals surface area contributed by atoms with E-state index in [1.807, 2.05) is 0 Å². The number of carbonyl (C=O) groups excluding carboxylic acids is 1. The van der Waals surface area contributed by atoms with Crippen LogP contribution in [0.3, 0.4) is 0 Å². The van der Waals surface area contributed by atoms with Crippen molar-refractivity contribution in [2.45, 2.75) is 13.0 Å². The fraction of sp³-hybridized carbons (Fsp3) is 0.300. The zero-order valence-corrected chi connectivity index (χ0v) is 11.3. The van der Waals surface area contributed by atoms with Gasteiger partial charge in [0.15, 0.2) is 0 Å². The van der Waals surface area contributed by atoms with Crippen LogP contribution in [0.25, 0.3) is 0 Å². The Balaban J connectivity index is 2.74. The van der Waals surface area contributed by atoms with Gasteiger partial charge in [0, 0.05) is 15.5 Å². The average molecular weight is 337 g/mol. The van der Waals surface area contributed by atoms with Gasteiger partial charge in [-0.1, -0.05) is 15.9 Å². The summed E-state index contributed by atoms with van der Waals surface area (Å²) in [6.07, 6.45) is -0.539. The highest BCUT2D eigenvalue weighted by molar-refractivity contribution is 9.11. The Labute approximate surface area is 105 Å². The van der Waals surface area contributed by atoms with Crippen molar-refractivity contribution in [3.63, 3.8) is 0 Å². The summed E-state index contributed by atoms with van der Waals surface area (Å²) in [5.41, 5.74) is 0.554. The number of aliphatic hydroxyl groups is 1. The Bertz CT molecular complexity index is 366. The molecule has 0 aliphatic rings. The normalized spacial score (nSPS) is 12.3. The maximum absolute atomic E-state index is 11.6. The van der Waals surface area contributed by atoms with E-state index in [4.69, 9.17) is 5.11 Å². The lowest BCUT2D eigenvalue weighted by Gasteiger charge is -2.08. The lowest BCUT2D eigenvalue weighted by Crippen LogP contribution is -2.30. The Morgan fingerprint density at radius 2 is 2.20 bits per heavy atom. The SMILES string of the molecule is C[C@@H](O)CNC(=O)c1ccc(Br)cc1Br. The van der Waals surface area contributed by atoms with E-state index in [-0.39, 0.29) is 12.5 Å². The summed E-state index contributed by atoms with van der Waals surface area (Å²) in [5, 5.41) is 11.7. The third-order valence-corrected chi connectivity index (χ3v) is 2.88. The van der Waals surface area contributed by atoms with Crippen LogP contribution in [0.15, 0.2) is 27.1 Å². The van der Waals surface area contributed by atoms with Crippen molar-refractivity contribution >= 4 is 37.8 Å². The number of hydrogen-bond donors (Lipinski definition) is 2. The van der Waals surface area contributed by atoms with Crippen molar-refractivity contribution in [3.05, 3.63) is 32.7 Å². The van der Waals surface area contributed by atoms with E-state index >= 15 is 0 Å². The highest BCUT2D eigenvalue weighted by atomic mass is 79.9. The molecule has 0 radical (unpaired) electrons. The minimum absolute atomic E-state index is 0.199. The van der Waals surface area contributed by atoms with Gasteiger partial charge in [-0.05, 0) is 41.1 Å². The largest absolute Gasteiger partial charge is 0.392 e. The summed E-state index contributed by atoms with van der Waals surface area (Å²) in [6.45, 7) is 1.87. The molecule has 0 fully saturated rings. The molecule has 0 bridgehead atoms. The molecule has 5 heteroatoms. The minimum Gasteiger partial charge on any atom is -0.392 e. The van der Waals surface area contributed by atoms with Crippen molar-refractivity contribution in [1.82, 2.24) is 5.32 Å². The van der Waals surface area contributed by atoms with Crippen molar-refractivity contribution in [3.8, 4) is 0 Å². The number of hydrogen-bond acceptors (Lipinski definition) is 2. The molecule has 0 saturated carbocycles. The van der Waals surface area contributed by atoms with Gasteiger partial charge in [-0.3, -0.25) is 4.79 Å². The lowest BCUT2D eigenvalue weighted by molar-refractivity contribution is 0.0923. The van der Waals surface area contributed by atoms with Gasteiger partial charge in [0.2, 0.25) is 0 Å². The van der Waals surface area contributed by atoms with E-state index in [2.05, 4.69) is 37.2 Å². The van der Waals surface area contributed by atoms with E-state index in [1.165, 1.54) is 0 Å². The summed E-state index contributed by atoms with van der Waals surface area (Å²) < 4.78 is 1.63. The third-order valence-electron chi connectivity index (χ3n) is 1.73. The summed E-state index contributed by atoms with van der Waals surface area (Å²) in [7, 11) is 0. The number of nitrogens with one attached hydrogen (secondary N) is 1. The second kappa shape index (κ2) is 5.63. The van der Waals surface area contributed by atoms with Crippen molar-refractivity contribution in [2.24, 2.45) is 0 Å². The van der Waals surface area contributed by atoms with E-state index in [9.17, 15) is 4.79 Å². The Hall–Kier alpha value is -0.390. The number of aliphatic hydroxyl groups excluding tert-OH is 1. The second-order valence-electron chi connectivity index (χ2n) is 3.18. The summed E-state index contributed by atoms with van der Waals surface area (Å²) in [5.74, 6) is -0.199. The smallest absolute Gasteiger partial charge is 0.252 e. The Kier molecular flexibility index (Phi) is 4.76. The van der Waals surface area contributed by atoms with Gasteiger partial charge in [-0.25, -0.2) is 0 Å². The van der Waals surface area contributed by atoms with Crippen LogP contribution in [0.1, 0.15) is 17.3 Å². The first-order valence-electron chi connectivity index (χ1n) is 4.42. The molecule has 15 heavy (non-hydrogen) atoms. The first-order valence-corrected chi connectivity index (χ1v) is 6.00. The van der Waals surface area contributed by atoms with Crippen LogP contribution in [0.4, 0.5) is 0 Å². The molecule has 0 aliphatic carbocycles. The van der Waals surface area contributed by atoms with Crippen LogP contribution < -0.4 is 5.32 Å². The van der Waals surface area contributed by atoms with Gasteiger partial charge < -0.3 is 10.4 Å². The standard InChI is InChI=1S/C10H11Br2NO2/c1-6(14)5-13-10(15)8-3-2-7(11)4-9(8)12/h2-4,6,14H,5H2,1H3,(H,13,15)/t6-/m1/s1. The van der Waals surface area contributed by atoms with E-state index in [1.54, 1.807) is 25.1 Å². The molecule has 1 amide bonds. The molecule has 1 aromatic rings. The van der Waals surface area contributed by atoms with Gasteiger partial charge in [-0.15, -0.1) is 0 Å². The topological polar surface area (TPSA) is 49.3 Å². The molecule has 1 atom stereocenters. The fourth-order valence-corrected chi connectivity index (χ4v) is 2.24. The quantitative estimate of drug-likeness (QED) is 0.890. The van der Waals surface area contributed by atoms with Crippen LogP contribution in [0.2, 0.25) is 0 Å². The number of rotatable bonds is 3. The number of halogens is 2. The highest BCUT2D eigenvalue weighted by Gasteiger charge is 2.10. The molecule has 0 saturated heterocycles. The lowest BCUT2D eigenvalue weighted by atomic mass is 10.2. The second-order valence-corrected chi connectivity index (χ2v) is 4.95. The van der Waals surface area contributed by atoms with Gasteiger partial charge in [0.25, 0.3) is 5.91 Å². The molecule has 2 N–H and O–H groups in total. The molecule has 0 spiro atoms. The predicted molar refractivity (Wildman–Crippen MR) is 65.9 cm³/mol. The molecular weight excluding hydrogens is 326 g/mol. The zero-order chi connectivity index (χ0) is 11.4. The first-order chi connectivity index (χ1) is 7.00. The molecule has 82 valence electrons. The highest BCUT2D eigenvalue weighted by Crippen LogP contribution is 2.21. The number of carbonyl (C=O) groups is 1. The summed E-state index contributed by atoms with van der Waals surface area (Å²) in [6, 6.07) is 5.31.